The molecule has 3 N–H and O–H groups in total. The molecule has 0 atom stereocenters. The van der Waals surface area contributed by atoms with E-state index in [1.54, 1.807) is 0 Å². The summed E-state index contributed by atoms with van der Waals surface area (Å²) in [5, 5.41) is 5.63. The molecule has 18 heavy (non-hydrogen) atoms. The van der Waals surface area contributed by atoms with Crippen molar-refractivity contribution in [2.24, 2.45) is 5.73 Å². The van der Waals surface area contributed by atoms with Gasteiger partial charge in [0.05, 0.1) is 5.69 Å². The Morgan fingerprint density at radius 3 is 3.00 bits per heavy atom. The monoisotopic (exact) mass is 261 g/mol. The van der Waals surface area contributed by atoms with Crippen LogP contribution in [0.5, 0.6) is 0 Å². The molecule has 0 aromatic carbocycles. The molecule has 2 aromatic rings. The van der Waals surface area contributed by atoms with Crippen LogP contribution in [0, 0.1) is 0 Å². The molecule has 0 aliphatic rings. The zero-order chi connectivity index (χ0) is 12.8. The number of nitrogens with one attached hydrogen (secondary N) is 1. The van der Waals surface area contributed by atoms with E-state index in [0.29, 0.717) is 6.54 Å². The fraction of sp³-hybridized carbons (Fsp3) is 0.357. The Morgan fingerprint density at radius 1 is 1.33 bits per heavy atom. The highest BCUT2D eigenvalue weighted by Crippen LogP contribution is 2.17. The van der Waals surface area contributed by atoms with Gasteiger partial charge in [-0.1, -0.05) is 6.92 Å². The second-order valence-corrected chi connectivity index (χ2v) is 5.19. The third-order valence-corrected chi connectivity index (χ3v) is 3.89. The molecule has 0 spiro atoms. The fourth-order valence-electron chi connectivity index (χ4n) is 1.91. The van der Waals surface area contributed by atoms with Crippen molar-refractivity contribution in [1.82, 2.24) is 10.3 Å². The van der Waals surface area contributed by atoms with Crippen LogP contribution in [0.1, 0.15) is 28.6 Å². The summed E-state index contributed by atoms with van der Waals surface area (Å²) in [5.41, 5.74) is 9.21. The number of hydrogen-bond acceptors (Lipinski definition) is 4. The quantitative estimate of drug-likeness (QED) is 0.840. The van der Waals surface area contributed by atoms with Crippen molar-refractivity contribution in [3.8, 4) is 0 Å². The van der Waals surface area contributed by atoms with E-state index in [4.69, 9.17) is 5.73 Å². The Morgan fingerprint density at radius 2 is 2.22 bits per heavy atom. The fourth-order valence-corrected chi connectivity index (χ4v) is 2.85. The van der Waals surface area contributed by atoms with E-state index in [1.165, 1.54) is 16.0 Å². The van der Waals surface area contributed by atoms with Gasteiger partial charge in [-0.3, -0.25) is 4.98 Å². The van der Waals surface area contributed by atoms with Crippen molar-refractivity contribution in [2.75, 3.05) is 0 Å². The maximum absolute atomic E-state index is 5.58. The summed E-state index contributed by atoms with van der Waals surface area (Å²) >= 11 is 1.82. The van der Waals surface area contributed by atoms with Crippen LogP contribution in [-0.4, -0.2) is 4.98 Å². The molecule has 2 heterocycles. The Hall–Kier alpha value is -1.23. The van der Waals surface area contributed by atoms with Crippen molar-refractivity contribution in [1.29, 1.82) is 0 Å². The van der Waals surface area contributed by atoms with E-state index in [9.17, 15) is 0 Å². The Balaban J connectivity index is 1.88. The lowest BCUT2D eigenvalue weighted by atomic mass is 10.2. The van der Waals surface area contributed by atoms with E-state index in [0.717, 1.165) is 25.2 Å². The van der Waals surface area contributed by atoms with Gasteiger partial charge in [0.25, 0.3) is 0 Å². The van der Waals surface area contributed by atoms with Crippen molar-refractivity contribution in [2.45, 2.75) is 33.0 Å². The number of thiophene rings is 1. The average molecular weight is 261 g/mol. The predicted octanol–water partition coefficient (Wildman–Crippen LogP) is 2.45. The van der Waals surface area contributed by atoms with Crippen molar-refractivity contribution in [3.63, 3.8) is 0 Å². The molecule has 96 valence electrons. The number of nitrogens with zero attached hydrogens (tertiary/aromatic N) is 1. The third kappa shape index (κ3) is 3.38. The normalized spacial score (nSPS) is 10.8. The minimum atomic E-state index is 0.499. The molecule has 3 nitrogen and oxygen atoms in total. The zero-order valence-corrected chi connectivity index (χ0v) is 11.5. The molecule has 0 radical (unpaired) electrons. The maximum atomic E-state index is 5.58. The third-order valence-electron chi connectivity index (χ3n) is 2.92. The van der Waals surface area contributed by atoms with E-state index in [2.05, 4.69) is 34.7 Å². The smallest absolute Gasteiger partial charge is 0.0542 e. The standard InChI is InChI=1S/C14H19N3S/c1-2-12-4-6-18-14(12)10-16-9-11-3-5-17-13(7-11)8-15/h3-7,16H,2,8-10,15H2,1H3. The molecular weight excluding hydrogens is 242 g/mol. The van der Waals surface area contributed by atoms with Crippen LogP contribution < -0.4 is 11.1 Å². The summed E-state index contributed by atoms with van der Waals surface area (Å²) in [6.07, 6.45) is 2.93. The lowest BCUT2D eigenvalue weighted by Gasteiger charge is -2.06. The van der Waals surface area contributed by atoms with Gasteiger partial charge < -0.3 is 11.1 Å². The highest BCUT2D eigenvalue weighted by atomic mass is 32.1. The second-order valence-electron chi connectivity index (χ2n) is 4.19. The molecule has 0 fully saturated rings. The number of rotatable bonds is 6. The van der Waals surface area contributed by atoms with Crippen molar-refractivity contribution in [3.05, 3.63) is 51.5 Å². The van der Waals surface area contributed by atoms with E-state index < -0.39 is 0 Å². The molecule has 0 unspecified atom stereocenters. The summed E-state index contributed by atoms with van der Waals surface area (Å²) in [7, 11) is 0. The van der Waals surface area contributed by atoms with Gasteiger partial charge in [-0.15, -0.1) is 11.3 Å². The Kier molecular flexibility index (Phi) is 4.87. The van der Waals surface area contributed by atoms with Crippen LogP contribution in [0.25, 0.3) is 0 Å². The largest absolute Gasteiger partial charge is 0.325 e. The van der Waals surface area contributed by atoms with E-state index in [-0.39, 0.29) is 0 Å². The first kappa shape index (κ1) is 13.2. The van der Waals surface area contributed by atoms with Gasteiger partial charge >= 0.3 is 0 Å². The van der Waals surface area contributed by atoms with Gasteiger partial charge in [0.2, 0.25) is 0 Å². The first-order valence-electron chi connectivity index (χ1n) is 6.23. The second kappa shape index (κ2) is 6.64. The molecular formula is C14H19N3S. The summed E-state index contributed by atoms with van der Waals surface area (Å²) in [6, 6.07) is 6.30. The minimum absolute atomic E-state index is 0.499. The molecule has 2 rings (SSSR count). The summed E-state index contributed by atoms with van der Waals surface area (Å²) in [6.45, 7) is 4.48. The molecule has 2 aromatic heterocycles. The molecule has 0 amide bonds. The number of aromatic nitrogens is 1. The number of pyridine rings is 1. The summed E-state index contributed by atoms with van der Waals surface area (Å²) < 4.78 is 0. The average Bonchev–Trinajstić information content (AvgIpc) is 2.86. The van der Waals surface area contributed by atoms with Crippen LogP contribution in [0.15, 0.2) is 29.8 Å². The predicted molar refractivity (Wildman–Crippen MR) is 76.4 cm³/mol. The molecule has 0 aliphatic heterocycles. The first-order valence-corrected chi connectivity index (χ1v) is 7.11. The highest BCUT2D eigenvalue weighted by Gasteiger charge is 2.02. The molecule has 4 heteroatoms. The van der Waals surface area contributed by atoms with Crippen LogP contribution in [0.3, 0.4) is 0 Å². The molecule has 0 saturated heterocycles. The maximum Gasteiger partial charge on any atom is 0.0542 e. The number of aryl methyl sites for hydroxylation is 1. The van der Waals surface area contributed by atoms with Gasteiger partial charge in [0.1, 0.15) is 0 Å². The first-order chi connectivity index (χ1) is 8.83. The lowest BCUT2D eigenvalue weighted by Crippen LogP contribution is -2.13. The van der Waals surface area contributed by atoms with Crippen molar-refractivity contribution >= 4 is 11.3 Å². The van der Waals surface area contributed by atoms with Crippen LogP contribution >= 0.6 is 11.3 Å². The number of nitrogens with two attached hydrogens (primary N) is 1. The number of hydrogen-bond donors (Lipinski definition) is 2. The Labute approximate surface area is 112 Å². The SMILES string of the molecule is CCc1ccsc1CNCc1ccnc(CN)c1. The van der Waals surface area contributed by atoms with Gasteiger partial charge in [0.15, 0.2) is 0 Å². The highest BCUT2D eigenvalue weighted by molar-refractivity contribution is 7.10. The van der Waals surface area contributed by atoms with E-state index in [1.807, 2.05) is 23.6 Å². The van der Waals surface area contributed by atoms with Crippen LogP contribution in [0.2, 0.25) is 0 Å². The van der Waals surface area contributed by atoms with Crippen LogP contribution in [0.4, 0.5) is 0 Å². The van der Waals surface area contributed by atoms with Gasteiger partial charge in [-0.25, -0.2) is 0 Å². The van der Waals surface area contributed by atoms with Gasteiger partial charge in [-0.05, 0) is 41.1 Å². The summed E-state index contributed by atoms with van der Waals surface area (Å²) in [5.74, 6) is 0. The molecule has 0 aliphatic carbocycles. The molecule has 0 bridgehead atoms. The Bertz CT molecular complexity index is 493. The summed E-state index contributed by atoms with van der Waals surface area (Å²) in [4.78, 5) is 5.63. The zero-order valence-electron chi connectivity index (χ0n) is 10.6. The van der Waals surface area contributed by atoms with Gasteiger partial charge in [0, 0.05) is 30.7 Å². The lowest BCUT2D eigenvalue weighted by molar-refractivity contribution is 0.694. The molecule has 0 saturated carbocycles. The van der Waals surface area contributed by atoms with Crippen LogP contribution in [-0.2, 0) is 26.1 Å². The van der Waals surface area contributed by atoms with Crippen molar-refractivity contribution < 1.29 is 0 Å². The van der Waals surface area contributed by atoms with Gasteiger partial charge in [-0.2, -0.15) is 0 Å². The topological polar surface area (TPSA) is 50.9 Å². The minimum Gasteiger partial charge on any atom is -0.325 e. The van der Waals surface area contributed by atoms with E-state index >= 15 is 0 Å².